The van der Waals surface area contributed by atoms with Crippen LogP contribution in [0.4, 0.5) is 0 Å². The summed E-state index contributed by atoms with van der Waals surface area (Å²) >= 11 is 0. The van der Waals surface area contributed by atoms with Crippen LogP contribution in [0.25, 0.3) is 0 Å². The first kappa shape index (κ1) is 16.6. The van der Waals surface area contributed by atoms with E-state index < -0.39 is 0 Å². The third-order valence-corrected chi connectivity index (χ3v) is 4.96. The van der Waals surface area contributed by atoms with Crippen LogP contribution in [-0.4, -0.2) is 61.1 Å². The number of nitrogens with zero attached hydrogens (tertiary/aromatic N) is 3. The Kier molecular flexibility index (Phi) is 6.34. The monoisotopic (exact) mass is 294 g/mol. The maximum Gasteiger partial charge on any atom is 0.193 e. The Hall–Kier alpha value is -0.770. The molecule has 1 aliphatic heterocycles. The molecule has 3 unspecified atom stereocenters. The fraction of sp³-hybridized carbons (Fsp3) is 0.941. The predicted octanol–water partition coefficient (Wildman–Crippen LogP) is 2.56. The smallest absolute Gasteiger partial charge is 0.193 e. The largest absolute Gasteiger partial charge is 0.353 e. The first-order valence-electron chi connectivity index (χ1n) is 8.95. The lowest BCUT2D eigenvalue weighted by molar-refractivity contribution is 0.232. The second-order valence-corrected chi connectivity index (χ2v) is 6.64. The van der Waals surface area contributed by atoms with Gasteiger partial charge in [-0.3, -0.25) is 9.89 Å². The van der Waals surface area contributed by atoms with Crippen molar-refractivity contribution in [2.75, 3.05) is 33.2 Å². The van der Waals surface area contributed by atoms with E-state index in [2.05, 4.69) is 42.9 Å². The van der Waals surface area contributed by atoms with Crippen LogP contribution >= 0.6 is 0 Å². The molecule has 21 heavy (non-hydrogen) atoms. The van der Waals surface area contributed by atoms with Crippen molar-refractivity contribution in [2.45, 2.75) is 65.0 Å². The number of nitrogens with one attached hydrogen (secondary N) is 1. The summed E-state index contributed by atoms with van der Waals surface area (Å²) in [5.74, 6) is 1.99. The van der Waals surface area contributed by atoms with Crippen LogP contribution < -0.4 is 5.32 Å². The Balaban J connectivity index is 1.84. The fourth-order valence-electron chi connectivity index (χ4n) is 3.63. The minimum Gasteiger partial charge on any atom is -0.353 e. The number of guanidine groups is 1. The summed E-state index contributed by atoms with van der Waals surface area (Å²) in [4.78, 5) is 9.66. The molecule has 3 atom stereocenters. The van der Waals surface area contributed by atoms with E-state index in [9.17, 15) is 0 Å². The fourth-order valence-corrected chi connectivity index (χ4v) is 3.63. The van der Waals surface area contributed by atoms with Crippen molar-refractivity contribution in [1.29, 1.82) is 0 Å². The lowest BCUT2D eigenvalue weighted by Gasteiger charge is -2.30. The van der Waals surface area contributed by atoms with E-state index in [0.29, 0.717) is 12.1 Å². The Morgan fingerprint density at radius 1 is 1.33 bits per heavy atom. The third kappa shape index (κ3) is 4.60. The highest BCUT2D eigenvalue weighted by molar-refractivity contribution is 5.80. The quantitative estimate of drug-likeness (QED) is 0.578. The van der Waals surface area contributed by atoms with E-state index in [-0.39, 0.29) is 0 Å². The van der Waals surface area contributed by atoms with Crippen LogP contribution in [-0.2, 0) is 0 Å². The zero-order valence-corrected chi connectivity index (χ0v) is 14.4. The number of hydrogen-bond donors (Lipinski definition) is 1. The molecule has 4 heteroatoms. The molecule has 0 aromatic rings. The van der Waals surface area contributed by atoms with Gasteiger partial charge in [-0.05, 0) is 51.6 Å². The first-order chi connectivity index (χ1) is 10.2. The summed E-state index contributed by atoms with van der Waals surface area (Å²) in [5.41, 5.74) is 0. The van der Waals surface area contributed by atoms with Crippen LogP contribution in [0.3, 0.4) is 0 Å². The number of likely N-dealkylation sites (N-methyl/N-ethyl adjacent to an activating group) is 2. The van der Waals surface area contributed by atoms with Gasteiger partial charge in [-0.15, -0.1) is 0 Å². The van der Waals surface area contributed by atoms with Crippen molar-refractivity contribution in [3.63, 3.8) is 0 Å². The van der Waals surface area contributed by atoms with Gasteiger partial charge in [0, 0.05) is 32.2 Å². The summed E-state index contributed by atoms with van der Waals surface area (Å²) in [7, 11) is 2.20. The molecule has 0 amide bonds. The first-order valence-corrected chi connectivity index (χ1v) is 8.95. The zero-order chi connectivity index (χ0) is 15.2. The highest BCUT2D eigenvalue weighted by atomic mass is 15.3. The van der Waals surface area contributed by atoms with E-state index in [4.69, 9.17) is 4.99 Å². The van der Waals surface area contributed by atoms with Crippen molar-refractivity contribution in [2.24, 2.45) is 10.9 Å². The highest BCUT2D eigenvalue weighted by Gasteiger charge is 2.37. The van der Waals surface area contributed by atoms with E-state index in [0.717, 1.165) is 25.0 Å². The zero-order valence-electron chi connectivity index (χ0n) is 14.4. The van der Waals surface area contributed by atoms with Crippen molar-refractivity contribution >= 4 is 5.96 Å². The molecule has 0 aromatic carbocycles. The minimum atomic E-state index is 0.670. The van der Waals surface area contributed by atoms with Crippen LogP contribution in [0.2, 0.25) is 0 Å². The summed E-state index contributed by atoms with van der Waals surface area (Å²) in [5, 5.41) is 3.69. The Bertz CT molecular complexity index is 342. The molecule has 0 bridgehead atoms. The number of likely N-dealkylation sites (tertiary alicyclic amines) is 1. The molecule has 0 aromatic heterocycles. The molecule has 2 rings (SSSR count). The number of rotatable bonds is 7. The van der Waals surface area contributed by atoms with Crippen LogP contribution in [0.5, 0.6) is 0 Å². The van der Waals surface area contributed by atoms with E-state index in [1.165, 1.54) is 45.2 Å². The average Bonchev–Trinajstić information content (AvgIpc) is 3.04. The van der Waals surface area contributed by atoms with Crippen LogP contribution in [0, 0.1) is 5.92 Å². The predicted molar refractivity (Wildman–Crippen MR) is 90.8 cm³/mol. The average molecular weight is 294 g/mol. The van der Waals surface area contributed by atoms with Gasteiger partial charge in [-0.25, -0.2) is 0 Å². The van der Waals surface area contributed by atoms with Gasteiger partial charge in [0.25, 0.3) is 0 Å². The van der Waals surface area contributed by atoms with Crippen molar-refractivity contribution in [1.82, 2.24) is 15.1 Å². The van der Waals surface area contributed by atoms with Crippen LogP contribution in [0.1, 0.15) is 52.9 Å². The molecule has 4 nitrogen and oxygen atoms in total. The number of aliphatic imine (C=N–C) groups is 1. The minimum absolute atomic E-state index is 0.670. The highest BCUT2D eigenvalue weighted by Crippen LogP contribution is 2.34. The lowest BCUT2D eigenvalue weighted by Crippen LogP contribution is -2.46. The van der Waals surface area contributed by atoms with Gasteiger partial charge < -0.3 is 10.2 Å². The molecule has 0 radical (unpaired) electrons. The maximum atomic E-state index is 4.70. The van der Waals surface area contributed by atoms with Crippen molar-refractivity contribution in [3.8, 4) is 0 Å². The third-order valence-electron chi connectivity index (χ3n) is 4.96. The Morgan fingerprint density at radius 2 is 2.14 bits per heavy atom. The van der Waals surface area contributed by atoms with Crippen molar-refractivity contribution < 1.29 is 0 Å². The summed E-state index contributed by atoms with van der Waals surface area (Å²) in [6.07, 6.45) is 6.66. The summed E-state index contributed by atoms with van der Waals surface area (Å²) in [6.45, 7) is 11.1. The van der Waals surface area contributed by atoms with Crippen LogP contribution in [0.15, 0.2) is 4.99 Å². The molecule has 1 saturated carbocycles. The molecule has 1 saturated heterocycles. The summed E-state index contributed by atoms with van der Waals surface area (Å²) in [6, 6.07) is 1.37. The van der Waals surface area contributed by atoms with Gasteiger partial charge in [-0.1, -0.05) is 20.3 Å². The molecule has 122 valence electrons. The summed E-state index contributed by atoms with van der Waals surface area (Å²) < 4.78 is 0. The van der Waals surface area contributed by atoms with E-state index in [1.54, 1.807) is 0 Å². The molecular weight excluding hydrogens is 260 g/mol. The topological polar surface area (TPSA) is 30.9 Å². The van der Waals surface area contributed by atoms with Gasteiger partial charge in [0.15, 0.2) is 5.96 Å². The van der Waals surface area contributed by atoms with Gasteiger partial charge in [0.05, 0.1) is 0 Å². The molecule has 0 spiro atoms. The number of hydrogen-bond acceptors (Lipinski definition) is 2. The van der Waals surface area contributed by atoms with Gasteiger partial charge >= 0.3 is 0 Å². The standard InChI is InChI=1S/C17H34N4/c1-5-9-14-12-16(14)19-17(18-6-2)20(4)13-15-10-8-11-21(15)7-3/h14-16H,5-13H2,1-4H3,(H,18,19). The SMILES string of the molecule is CCCC1CC1NC(=NCC)N(C)CC1CCCN1CC. The van der Waals surface area contributed by atoms with Gasteiger partial charge in [0.2, 0.25) is 0 Å². The Labute approximate surface area is 131 Å². The van der Waals surface area contributed by atoms with E-state index in [1.807, 2.05) is 0 Å². The molecule has 2 aliphatic rings. The Morgan fingerprint density at radius 3 is 2.81 bits per heavy atom. The molecule has 1 aliphatic carbocycles. The second-order valence-electron chi connectivity index (χ2n) is 6.64. The van der Waals surface area contributed by atoms with Gasteiger partial charge in [0.1, 0.15) is 0 Å². The molecular formula is C17H34N4. The normalized spacial score (nSPS) is 29.7. The molecule has 1 N–H and O–H groups in total. The molecule has 1 heterocycles. The van der Waals surface area contributed by atoms with Gasteiger partial charge in [-0.2, -0.15) is 0 Å². The molecule has 2 fully saturated rings. The van der Waals surface area contributed by atoms with E-state index >= 15 is 0 Å². The second kappa shape index (κ2) is 8.02. The lowest BCUT2D eigenvalue weighted by atomic mass is 10.2. The maximum absolute atomic E-state index is 4.70. The van der Waals surface area contributed by atoms with Crippen molar-refractivity contribution in [3.05, 3.63) is 0 Å².